The van der Waals surface area contributed by atoms with Gasteiger partial charge in [-0.15, -0.1) is 0 Å². The van der Waals surface area contributed by atoms with E-state index in [1.165, 1.54) is 0 Å². The first kappa shape index (κ1) is 27.8. The lowest BCUT2D eigenvalue weighted by molar-refractivity contribution is -0.271. The summed E-state index contributed by atoms with van der Waals surface area (Å²) < 4.78 is 34.9. The van der Waals surface area contributed by atoms with Crippen molar-refractivity contribution in [3.05, 3.63) is 0 Å². The van der Waals surface area contributed by atoms with E-state index in [1.807, 2.05) is 6.92 Å². The zero-order valence-electron chi connectivity index (χ0n) is 22.0. The van der Waals surface area contributed by atoms with Crippen LogP contribution in [0.1, 0.15) is 98.3 Å². The number of aliphatic hydroxyl groups is 3. The van der Waals surface area contributed by atoms with Crippen LogP contribution in [0.25, 0.3) is 0 Å². The molecule has 0 saturated heterocycles. The zero-order valence-corrected chi connectivity index (χ0v) is 22.8. The van der Waals surface area contributed by atoms with E-state index in [2.05, 4.69) is 25.0 Å². The summed E-state index contributed by atoms with van der Waals surface area (Å²) in [5, 5.41) is 34.0. The van der Waals surface area contributed by atoms with E-state index in [4.69, 9.17) is 4.55 Å². The van der Waals surface area contributed by atoms with Gasteiger partial charge in [0.25, 0.3) is 0 Å². The Hall–Kier alpha value is -0.250. The predicted octanol–water partition coefficient (Wildman–Crippen LogP) is 4.35. The average molecular weight is 517 g/mol. The highest BCUT2D eigenvalue weighted by molar-refractivity contribution is 7.80. The van der Waals surface area contributed by atoms with Crippen molar-refractivity contribution in [3.8, 4) is 0 Å². The highest BCUT2D eigenvalue weighted by Crippen LogP contribution is 2.69. The molecule has 8 heteroatoms. The van der Waals surface area contributed by atoms with Crippen LogP contribution in [0.3, 0.4) is 0 Å². The minimum atomic E-state index is -4.39. The van der Waals surface area contributed by atoms with Crippen LogP contribution in [0.15, 0.2) is 0 Å². The average Bonchev–Trinajstić information content (AvgIpc) is 3.12. The van der Waals surface area contributed by atoms with Gasteiger partial charge in [0.1, 0.15) is 0 Å². The summed E-state index contributed by atoms with van der Waals surface area (Å²) in [5.74, 6) is 1.49. The largest absolute Gasteiger partial charge is 0.397 e. The van der Waals surface area contributed by atoms with Crippen molar-refractivity contribution in [2.24, 2.45) is 46.3 Å². The third-order valence-electron chi connectivity index (χ3n) is 11.4. The lowest BCUT2D eigenvalue weighted by Crippen LogP contribution is -2.69. The molecule has 0 aromatic carbocycles. The molecule has 11 atom stereocenters. The molecule has 35 heavy (non-hydrogen) atoms. The summed E-state index contributed by atoms with van der Waals surface area (Å²) >= 11 is 0. The summed E-state index contributed by atoms with van der Waals surface area (Å²) in [7, 11) is -4.39. The Labute approximate surface area is 212 Å². The maximum Gasteiger partial charge on any atom is 0.397 e. The molecule has 0 aliphatic heterocycles. The van der Waals surface area contributed by atoms with Gasteiger partial charge >= 0.3 is 10.4 Å². The van der Waals surface area contributed by atoms with Gasteiger partial charge in [-0.25, -0.2) is 4.18 Å². The van der Waals surface area contributed by atoms with Crippen LogP contribution in [0.4, 0.5) is 0 Å². The Balaban J connectivity index is 1.42. The van der Waals surface area contributed by atoms with Gasteiger partial charge in [-0.2, -0.15) is 8.42 Å². The molecule has 4 fully saturated rings. The van der Waals surface area contributed by atoms with Crippen LogP contribution < -0.4 is 0 Å². The molecule has 4 N–H and O–H groups in total. The zero-order chi connectivity index (χ0) is 25.8. The van der Waals surface area contributed by atoms with Gasteiger partial charge in [-0.05, 0) is 104 Å². The fourth-order valence-corrected chi connectivity index (χ4v) is 9.93. The molecule has 4 saturated carbocycles. The fraction of sp³-hybridized carbons (Fsp3) is 1.00. The monoisotopic (exact) mass is 516 g/mol. The molecule has 0 spiro atoms. The smallest absolute Gasteiger partial charge is 0.393 e. The molecule has 0 amide bonds. The number of aliphatic hydroxyl groups excluding tert-OH is 2. The van der Waals surface area contributed by atoms with E-state index in [-0.39, 0.29) is 47.2 Å². The van der Waals surface area contributed by atoms with E-state index in [1.54, 1.807) is 0 Å². The summed E-state index contributed by atoms with van der Waals surface area (Å²) in [6, 6.07) is 0. The number of hydrogen-bond acceptors (Lipinski definition) is 6. The quantitative estimate of drug-likeness (QED) is 0.354. The van der Waals surface area contributed by atoms with Gasteiger partial charge in [0.05, 0.1) is 24.4 Å². The maximum absolute atomic E-state index is 12.3. The van der Waals surface area contributed by atoms with Crippen molar-refractivity contribution in [1.82, 2.24) is 0 Å². The summed E-state index contributed by atoms with van der Waals surface area (Å²) in [5.41, 5.74) is -1.06. The van der Waals surface area contributed by atoms with E-state index < -0.39 is 22.1 Å². The standard InChI is InChI=1S/C27H48O7S/c1-17(16-34-35(31,32)33)6-5-7-18(2)21-8-9-22-26(21,4)13-11-23-25(3)12-10-20(28)14-19(25)15-24(29)27(22,23)30/h17-24,28-30H,5-16H2,1-4H3,(H,31,32,33)/t17?,18-,19-,20-,21-,22-,23-,24-,25+,26-,27-/m1/s1. The van der Waals surface area contributed by atoms with Crippen LogP contribution in [0.5, 0.6) is 0 Å². The van der Waals surface area contributed by atoms with Gasteiger partial charge in [-0.3, -0.25) is 4.55 Å². The summed E-state index contributed by atoms with van der Waals surface area (Å²) in [4.78, 5) is 0. The highest BCUT2D eigenvalue weighted by atomic mass is 32.3. The first-order valence-electron chi connectivity index (χ1n) is 13.9. The molecule has 0 heterocycles. The Morgan fingerprint density at radius 3 is 2.29 bits per heavy atom. The Bertz CT molecular complexity index is 864. The van der Waals surface area contributed by atoms with Gasteiger partial charge in [-0.1, -0.05) is 40.5 Å². The lowest BCUT2D eigenvalue weighted by atomic mass is 9.42. The van der Waals surface area contributed by atoms with Crippen molar-refractivity contribution in [2.45, 2.75) is 116 Å². The van der Waals surface area contributed by atoms with Gasteiger partial charge in [0.2, 0.25) is 0 Å². The molecule has 0 aromatic heterocycles. The molecule has 7 nitrogen and oxygen atoms in total. The molecular weight excluding hydrogens is 468 g/mol. The minimum Gasteiger partial charge on any atom is -0.393 e. The predicted molar refractivity (Wildman–Crippen MR) is 134 cm³/mol. The van der Waals surface area contributed by atoms with Gasteiger partial charge in [0, 0.05) is 0 Å². The van der Waals surface area contributed by atoms with Crippen LogP contribution >= 0.6 is 0 Å². The van der Waals surface area contributed by atoms with Crippen molar-refractivity contribution < 1.29 is 32.5 Å². The fourth-order valence-electron chi connectivity index (χ4n) is 9.52. The summed E-state index contributed by atoms with van der Waals surface area (Å²) in [6.07, 6.45) is 8.95. The molecule has 4 aliphatic carbocycles. The number of rotatable bonds is 8. The Morgan fingerprint density at radius 1 is 0.943 bits per heavy atom. The maximum atomic E-state index is 12.3. The normalized spacial score (nSPS) is 47.4. The molecule has 0 bridgehead atoms. The molecule has 0 aromatic rings. The van der Waals surface area contributed by atoms with Crippen molar-refractivity contribution in [3.63, 3.8) is 0 Å². The van der Waals surface area contributed by atoms with Crippen LogP contribution in [0.2, 0.25) is 0 Å². The minimum absolute atomic E-state index is 0.000465. The third kappa shape index (κ3) is 4.97. The SMILES string of the molecule is CC(CCC[C@@H](C)[C@H]1CC[C@@H]2[C@]1(C)CC[C@@H]1[C@@]3(C)CC[C@@H](O)C[C@@H]3C[C@@H](O)[C@]12O)COS(=O)(=O)O. The molecule has 4 rings (SSSR count). The van der Waals surface area contributed by atoms with Crippen molar-refractivity contribution in [2.75, 3.05) is 6.61 Å². The number of hydrogen-bond donors (Lipinski definition) is 4. The highest BCUT2D eigenvalue weighted by Gasteiger charge is 2.69. The van der Waals surface area contributed by atoms with Crippen LogP contribution in [-0.2, 0) is 14.6 Å². The van der Waals surface area contributed by atoms with Gasteiger partial charge < -0.3 is 15.3 Å². The Morgan fingerprint density at radius 2 is 1.60 bits per heavy atom. The van der Waals surface area contributed by atoms with E-state index in [9.17, 15) is 23.7 Å². The topological polar surface area (TPSA) is 124 Å². The van der Waals surface area contributed by atoms with E-state index in [0.29, 0.717) is 18.3 Å². The summed E-state index contributed by atoms with van der Waals surface area (Å²) in [6.45, 7) is 8.91. The first-order chi connectivity index (χ1) is 16.2. The first-order valence-corrected chi connectivity index (χ1v) is 15.3. The van der Waals surface area contributed by atoms with Gasteiger partial charge in [0.15, 0.2) is 0 Å². The third-order valence-corrected chi connectivity index (χ3v) is 11.8. The van der Waals surface area contributed by atoms with Crippen molar-refractivity contribution in [1.29, 1.82) is 0 Å². The van der Waals surface area contributed by atoms with Crippen LogP contribution in [-0.4, -0.2) is 52.7 Å². The van der Waals surface area contributed by atoms with E-state index in [0.717, 1.165) is 64.2 Å². The molecule has 204 valence electrons. The molecule has 0 radical (unpaired) electrons. The number of fused-ring (bicyclic) bond motifs is 5. The second kappa shape index (κ2) is 9.81. The molecule has 4 aliphatic rings. The van der Waals surface area contributed by atoms with Crippen LogP contribution in [0, 0.1) is 46.3 Å². The molecular formula is C27H48O7S. The lowest BCUT2D eigenvalue weighted by Gasteiger charge is -2.66. The second-order valence-electron chi connectivity index (χ2n) is 13.3. The van der Waals surface area contributed by atoms with Crippen molar-refractivity contribution >= 4 is 10.4 Å². The Kier molecular flexibility index (Phi) is 7.78. The van der Waals surface area contributed by atoms with E-state index >= 15 is 0 Å². The second-order valence-corrected chi connectivity index (χ2v) is 14.4. The molecule has 1 unspecified atom stereocenters.